The summed E-state index contributed by atoms with van der Waals surface area (Å²) in [5.74, 6) is 1.51. The maximum absolute atomic E-state index is 11.9. The van der Waals surface area contributed by atoms with E-state index >= 15 is 0 Å². The van der Waals surface area contributed by atoms with Crippen molar-refractivity contribution >= 4 is 47.4 Å². The Labute approximate surface area is 194 Å². The molecule has 1 saturated carbocycles. The van der Waals surface area contributed by atoms with Gasteiger partial charge in [-0.2, -0.15) is 0 Å². The number of nitrogens with one attached hydrogen (secondary N) is 2. The molecule has 0 bridgehead atoms. The third-order valence-corrected chi connectivity index (χ3v) is 5.24. The van der Waals surface area contributed by atoms with Crippen LogP contribution in [-0.2, 0) is 16.6 Å². The number of aliphatic imine (C=N–C) groups is 1. The Balaban J connectivity index is 0.00000300. The Hall–Kier alpha value is -1.74. The fourth-order valence-electron chi connectivity index (χ4n) is 3.01. The number of guanidine groups is 1. The summed E-state index contributed by atoms with van der Waals surface area (Å²) in [4.78, 5) is 17.9. The predicted molar refractivity (Wildman–Crippen MR) is 127 cm³/mol. The van der Waals surface area contributed by atoms with Gasteiger partial charge in [-0.3, -0.25) is 4.79 Å². The molecule has 0 radical (unpaired) electrons. The van der Waals surface area contributed by atoms with Crippen LogP contribution in [0.1, 0.15) is 24.2 Å². The van der Waals surface area contributed by atoms with Crippen molar-refractivity contribution in [2.45, 2.75) is 24.7 Å². The number of likely N-dealkylation sites (N-methyl/N-ethyl adjacent to an activating group) is 1. The minimum absolute atomic E-state index is 0. The Morgan fingerprint density at radius 3 is 2.66 bits per heavy atom. The van der Waals surface area contributed by atoms with E-state index < -0.39 is 0 Å². The van der Waals surface area contributed by atoms with Crippen molar-refractivity contribution in [3.63, 3.8) is 0 Å². The van der Waals surface area contributed by atoms with Gasteiger partial charge in [0.05, 0.1) is 6.26 Å². The Kier molecular flexibility index (Phi) is 8.82. The maximum atomic E-state index is 11.9. The monoisotopic (exact) mass is 530 g/mol. The van der Waals surface area contributed by atoms with Gasteiger partial charge in [-0.15, -0.1) is 24.0 Å². The standard InChI is InChI=1S/C21H27ClN4O2.HI/c1-26(2)19(27)14-24-20(23-11-8-18-7-4-12-28-18)25-15-21(9-10-21)16-5-3-6-17(22)13-16;/h3-7,12-13H,8-11,14-15H2,1-2H3,(H2,23,24,25);1H. The Bertz CT molecular complexity index is 820. The van der Waals surface area contributed by atoms with Crippen molar-refractivity contribution in [3.05, 3.63) is 59.0 Å². The third-order valence-electron chi connectivity index (χ3n) is 5.00. The Morgan fingerprint density at radius 2 is 2.03 bits per heavy atom. The van der Waals surface area contributed by atoms with E-state index in [2.05, 4.69) is 21.7 Å². The number of carbonyl (C=O) groups is 1. The number of halogens is 2. The van der Waals surface area contributed by atoms with Crippen LogP contribution in [0.2, 0.25) is 5.02 Å². The number of nitrogens with zero attached hydrogens (tertiary/aromatic N) is 2. The first-order valence-corrected chi connectivity index (χ1v) is 9.87. The first kappa shape index (κ1) is 23.5. The van der Waals surface area contributed by atoms with Gasteiger partial charge in [0.15, 0.2) is 5.96 Å². The lowest BCUT2D eigenvalue weighted by atomic mass is 9.96. The van der Waals surface area contributed by atoms with Gasteiger partial charge in [0.2, 0.25) is 5.91 Å². The molecule has 1 aliphatic carbocycles. The normalized spacial score (nSPS) is 14.7. The number of hydrogen-bond donors (Lipinski definition) is 2. The fraction of sp³-hybridized carbons (Fsp3) is 0.429. The van der Waals surface area contributed by atoms with Gasteiger partial charge in [0, 0.05) is 44.0 Å². The largest absolute Gasteiger partial charge is 0.469 e. The van der Waals surface area contributed by atoms with Gasteiger partial charge in [0.25, 0.3) is 0 Å². The molecular formula is C21H28ClIN4O2. The number of carbonyl (C=O) groups excluding carboxylic acids is 1. The highest BCUT2D eigenvalue weighted by Gasteiger charge is 2.44. The highest BCUT2D eigenvalue weighted by molar-refractivity contribution is 14.0. The molecule has 1 aromatic carbocycles. The summed E-state index contributed by atoms with van der Waals surface area (Å²) in [7, 11) is 3.46. The van der Waals surface area contributed by atoms with Crippen LogP contribution < -0.4 is 10.6 Å². The van der Waals surface area contributed by atoms with Crippen LogP contribution in [-0.4, -0.2) is 50.5 Å². The molecule has 29 heavy (non-hydrogen) atoms. The quantitative estimate of drug-likeness (QED) is 0.312. The van der Waals surface area contributed by atoms with Crippen LogP contribution in [0.3, 0.4) is 0 Å². The smallest absolute Gasteiger partial charge is 0.243 e. The van der Waals surface area contributed by atoms with Crippen molar-refractivity contribution < 1.29 is 9.21 Å². The van der Waals surface area contributed by atoms with Gasteiger partial charge < -0.3 is 20.0 Å². The van der Waals surface area contributed by atoms with Crippen LogP contribution in [0.5, 0.6) is 0 Å². The summed E-state index contributed by atoms with van der Waals surface area (Å²) in [6.45, 7) is 1.52. The van der Waals surface area contributed by atoms with E-state index in [4.69, 9.17) is 16.0 Å². The molecule has 6 nitrogen and oxygen atoms in total. The molecule has 8 heteroatoms. The van der Waals surface area contributed by atoms with Crippen molar-refractivity contribution in [2.24, 2.45) is 4.99 Å². The second kappa shape index (κ2) is 10.9. The van der Waals surface area contributed by atoms with Crippen molar-refractivity contribution in [3.8, 4) is 0 Å². The van der Waals surface area contributed by atoms with Crippen LogP contribution in [0.4, 0.5) is 0 Å². The molecule has 0 unspecified atom stereocenters. The van der Waals surface area contributed by atoms with Gasteiger partial charge in [-0.25, -0.2) is 4.99 Å². The van der Waals surface area contributed by atoms with Gasteiger partial charge >= 0.3 is 0 Å². The summed E-state index contributed by atoms with van der Waals surface area (Å²) in [5.41, 5.74) is 1.33. The third kappa shape index (κ3) is 6.92. The van der Waals surface area contributed by atoms with Gasteiger partial charge in [-0.1, -0.05) is 23.7 Å². The lowest BCUT2D eigenvalue weighted by molar-refractivity contribution is -0.127. The molecule has 0 atom stereocenters. The average Bonchev–Trinajstić information content (AvgIpc) is 3.29. The summed E-state index contributed by atoms with van der Waals surface area (Å²) in [6, 6.07) is 11.9. The van der Waals surface area contributed by atoms with E-state index in [0.717, 1.165) is 36.6 Å². The van der Waals surface area contributed by atoms with Gasteiger partial charge in [0.1, 0.15) is 12.3 Å². The van der Waals surface area contributed by atoms with Crippen molar-refractivity contribution in [1.82, 2.24) is 15.5 Å². The van der Waals surface area contributed by atoms with Crippen LogP contribution in [0.25, 0.3) is 0 Å². The zero-order valence-electron chi connectivity index (χ0n) is 16.8. The average molecular weight is 531 g/mol. The maximum Gasteiger partial charge on any atom is 0.243 e. The first-order chi connectivity index (χ1) is 13.5. The van der Waals surface area contributed by atoms with Crippen LogP contribution >= 0.6 is 35.6 Å². The molecule has 158 valence electrons. The van der Waals surface area contributed by atoms with Crippen LogP contribution in [0, 0.1) is 0 Å². The topological polar surface area (TPSA) is 69.9 Å². The van der Waals surface area contributed by atoms with E-state index in [1.807, 2.05) is 30.3 Å². The summed E-state index contributed by atoms with van der Waals surface area (Å²) in [6.07, 6.45) is 4.63. The lowest BCUT2D eigenvalue weighted by Gasteiger charge is -2.20. The minimum atomic E-state index is -0.0388. The zero-order valence-corrected chi connectivity index (χ0v) is 19.9. The molecule has 1 aliphatic rings. The number of hydrogen-bond acceptors (Lipinski definition) is 3. The van der Waals surface area contributed by atoms with E-state index in [9.17, 15) is 4.79 Å². The first-order valence-electron chi connectivity index (χ1n) is 9.49. The number of furan rings is 1. The second-order valence-corrected chi connectivity index (χ2v) is 7.79. The molecule has 0 aliphatic heterocycles. The minimum Gasteiger partial charge on any atom is -0.469 e. The van der Waals surface area contributed by atoms with E-state index in [0.29, 0.717) is 12.5 Å². The number of benzene rings is 1. The van der Waals surface area contributed by atoms with E-state index in [1.54, 1.807) is 20.4 Å². The van der Waals surface area contributed by atoms with Crippen LogP contribution in [0.15, 0.2) is 52.1 Å². The summed E-state index contributed by atoms with van der Waals surface area (Å²) in [5, 5.41) is 7.46. The molecule has 0 saturated heterocycles. The lowest BCUT2D eigenvalue weighted by Crippen LogP contribution is -2.42. The molecule has 2 aromatic rings. The highest BCUT2D eigenvalue weighted by Crippen LogP contribution is 2.48. The van der Waals surface area contributed by atoms with Crippen molar-refractivity contribution in [2.75, 3.05) is 33.7 Å². The molecule has 1 fully saturated rings. The van der Waals surface area contributed by atoms with E-state index in [1.165, 1.54) is 10.5 Å². The number of amides is 1. The Morgan fingerprint density at radius 1 is 1.24 bits per heavy atom. The molecular weight excluding hydrogens is 503 g/mol. The molecule has 1 amide bonds. The number of rotatable bonds is 8. The second-order valence-electron chi connectivity index (χ2n) is 7.35. The molecule has 3 rings (SSSR count). The molecule has 0 spiro atoms. The molecule has 1 heterocycles. The van der Waals surface area contributed by atoms with Crippen molar-refractivity contribution in [1.29, 1.82) is 0 Å². The molecule has 2 N–H and O–H groups in total. The molecule has 1 aromatic heterocycles. The zero-order chi connectivity index (χ0) is 20.0. The highest BCUT2D eigenvalue weighted by atomic mass is 127. The summed E-state index contributed by atoms with van der Waals surface area (Å²) < 4.78 is 5.36. The van der Waals surface area contributed by atoms with Gasteiger partial charge in [-0.05, 0) is 42.7 Å². The van der Waals surface area contributed by atoms with E-state index in [-0.39, 0.29) is 41.8 Å². The predicted octanol–water partition coefficient (Wildman–Crippen LogP) is 3.45. The SMILES string of the molecule is CN(C)C(=O)CN=C(NCCc1ccco1)NCC1(c2cccc(Cl)c2)CC1.I. The fourth-order valence-corrected chi connectivity index (χ4v) is 3.20. The summed E-state index contributed by atoms with van der Waals surface area (Å²) >= 11 is 6.17.